The highest BCUT2D eigenvalue weighted by molar-refractivity contribution is 5.98. The van der Waals surface area contributed by atoms with Crippen LogP contribution in [-0.4, -0.2) is 99.6 Å². The first-order chi connectivity index (χ1) is 19.0. The Labute approximate surface area is 232 Å². The second-order valence-corrected chi connectivity index (χ2v) is 10.6. The van der Waals surface area contributed by atoms with Crippen LogP contribution < -0.4 is 4.90 Å². The minimum atomic E-state index is -5.08. The molecule has 3 aliphatic rings. The number of hydrogen-bond donors (Lipinski definition) is 1. The zero-order valence-electron chi connectivity index (χ0n) is 22.9. The molecule has 1 spiro atoms. The molecule has 0 atom stereocenters. The Kier molecular flexibility index (Phi) is 9.50. The fraction of sp³-hybridized carbons (Fsp3) is 0.517. The Morgan fingerprint density at radius 1 is 1.05 bits per heavy atom. The summed E-state index contributed by atoms with van der Waals surface area (Å²) >= 11 is 0. The van der Waals surface area contributed by atoms with E-state index < -0.39 is 12.1 Å². The summed E-state index contributed by atoms with van der Waals surface area (Å²) in [4.78, 5) is 29.1. The van der Waals surface area contributed by atoms with E-state index in [1.165, 1.54) is 22.3 Å². The molecule has 2 fully saturated rings. The van der Waals surface area contributed by atoms with Crippen LogP contribution in [0.4, 0.5) is 18.9 Å². The Morgan fingerprint density at radius 2 is 1.70 bits per heavy atom. The fourth-order valence-corrected chi connectivity index (χ4v) is 5.61. The zero-order valence-corrected chi connectivity index (χ0v) is 22.9. The minimum absolute atomic E-state index is 0.0163. The van der Waals surface area contributed by atoms with Crippen LogP contribution in [0.15, 0.2) is 42.5 Å². The van der Waals surface area contributed by atoms with Gasteiger partial charge in [-0.1, -0.05) is 30.3 Å². The molecule has 3 heterocycles. The lowest BCUT2D eigenvalue weighted by Crippen LogP contribution is -2.49. The van der Waals surface area contributed by atoms with Gasteiger partial charge in [0.15, 0.2) is 0 Å². The molecular formula is C29H36F3N3O5. The molecule has 1 amide bonds. The van der Waals surface area contributed by atoms with Gasteiger partial charge in [-0.2, -0.15) is 13.2 Å². The summed E-state index contributed by atoms with van der Waals surface area (Å²) in [7, 11) is 3.88. The summed E-state index contributed by atoms with van der Waals surface area (Å²) in [5, 5.41) is 7.12. The first-order valence-corrected chi connectivity index (χ1v) is 13.3. The molecule has 5 rings (SSSR count). The average Bonchev–Trinajstić information content (AvgIpc) is 3.23. The van der Waals surface area contributed by atoms with E-state index in [-0.39, 0.29) is 11.3 Å². The predicted molar refractivity (Wildman–Crippen MR) is 144 cm³/mol. The van der Waals surface area contributed by atoms with Crippen molar-refractivity contribution in [3.8, 4) is 11.1 Å². The molecule has 0 radical (unpaired) electrons. The highest BCUT2D eigenvalue weighted by Crippen LogP contribution is 2.48. The topological polar surface area (TPSA) is 82.6 Å². The van der Waals surface area contributed by atoms with Crippen molar-refractivity contribution in [2.75, 3.05) is 71.5 Å². The van der Waals surface area contributed by atoms with Crippen LogP contribution in [0.2, 0.25) is 0 Å². The average molecular weight is 564 g/mol. The number of likely N-dealkylation sites (N-methyl/N-ethyl adjacent to an activating group) is 1. The van der Waals surface area contributed by atoms with Gasteiger partial charge in [0.2, 0.25) is 5.91 Å². The largest absolute Gasteiger partial charge is 0.490 e. The number of fused-ring (bicyclic) bond motifs is 2. The number of piperazine rings is 1. The maximum absolute atomic E-state index is 13.5. The summed E-state index contributed by atoms with van der Waals surface area (Å²) in [5.41, 5.74) is 5.96. The van der Waals surface area contributed by atoms with Gasteiger partial charge in [-0.3, -0.25) is 9.69 Å². The van der Waals surface area contributed by atoms with Gasteiger partial charge in [-0.05, 0) is 54.3 Å². The van der Waals surface area contributed by atoms with Gasteiger partial charge in [0.1, 0.15) is 0 Å². The lowest BCUT2D eigenvalue weighted by molar-refractivity contribution is -0.192. The van der Waals surface area contributed by atoms with Crippen LogP contribution in [0.3, 0.4) is 0 Å². The molecule has 2 saturated heterocycles. The molecule has 8 nitrogen and oxygen atoms in total. The molecule has 1 N–H and O–H groups in total. The number of halogens is 3. The monoisotopic (exact) mass is 563 g/mol. The number of aliphatic carboxylic acids is 1. The van der Waals surface area contributed by atoms with E-state index in [0.717, 1.165) is 64.5 Å². The van der Waals surface area contributed by atoms with Crippen molar-refractivity contribution in [1.29, 1.82) is 0 Å². The highest BCUT2D eigenvalue weighted by atomic mass is 19.4. The smallest absolute Gasteiger partial charge is 0.475 e. The van der Waals surface area contributed by atoms with Crippen molar-refractivity contribution >= 4 is 17.6 Å². The number of carbonyl (C=O) groups is 2. The Bertz CT molecular complexity index is 1190. The molecule has 0 unspecified atom stereocenters. The van der Waals surface area contributed by atoms with Crippen LogP contribution in [-0.2, 0) is 31.1 Å². The van der Waals surface area contributed by atoms with E-state index in [1.807, 2.05) is 0 Å². The summed E-state index contributed by atoms with van der Waals surface area (Å²) < 4.78 is 42.9. The third kappa shape index (κ3) is 6.83. The SMILES string of the molecule is COCc1ccccc1-c1ccc2c(c1)C1(CCOCC1)CN2C(=O)CN1CCN(C)CC1.O=C(O)C(F)(F)F. The van der Waals surface area contributed by atoms with Gasteiger partial charge < -0.3 is 24.4 Å². The number of nitrogens with zero attached hydrogens (tertiary/aromatic N) is 3. The van der Waals surface area contributed by atoms with E-state index in [2.05, 4.69) is 64.2 Å². The Hall–Kier alpha value is -2.99. The zero-order chi connectivity index (χ0) is 28.9. The fourth-order valence-electron chi connectivity index (χ4n) is 5.61. The van der Waals surface area contributed by atoms with Crippen LogP contribution in [0.25, 0.3) is 11.1 Å². The summed E-state index contributed by atoms with van der Waals surface area (Å²) in [6, 6.07) is 15.1. The lowest BCUT2D eigenvalue weighted by Gasteiger charge is -2.35. The van der Waals surface area contributed by atoms with Crippen molar-refractivity contribution < 1.29 is 37.3 Å². The number of hydrogen-bond acceptors (Lipinski definition) is 6. The summed E-state index contributed by atoms with van der Waals surface area (Å²) in [5.74, 6) is -2.54. The third-order valence-corrected chi connectivity index (χ3v) is 7.90. The molecule has 0 saturated carbocycles. The number of methoxy groups -OCH3 is 1. The number of ether oxygens (including phenoxy) is 2. The number of carboxylic acid groups (broad SMARTS) is 1. The van der Waals surface area contributed by atoms with Crippen molar-refractivity contribution in [3.63, 3.8) is 0 Å². The molecule has 3 aliphatic heterocycles. The van der Waals surface area contributed by atoms with E-state index in [4.69, 9.17) is 19.4 Å². The van der Waals surface area contributed by atoms with Crippen LogP contribution in [0, 0.1) is 0 Å². The van der Waals surface area contributed by atoms with Crippen molar-refractivity contribution in [2.45, 2.75) is 31.0 Å². The van der Waals surface area contributed by atoms with Gasteiger partial charge in [0.05, 0.1) is 13.2 Å². The van der Waals surface area contributed by atoms with Crippen LogP contribution in [0.5, 0.6) is 0 Å². The van der Waals surface area contributed by atoms with Gasteiger partial charge in [-0.15, -0.1) is 0 Å². The first kappa shape index (κ1) is 30.0. The van der Waals surface area contributed by atoms with Crippen molar-refractivity contribution in [2.24, 2.45) is 0 Å². The normalized spacial score (nSPS) is 19.2. The molecule has 40 heavy (non-hydrogen) atoms. The quantitative estimate of drug-likeness (QED) is 0.593. The van der Waals surface area contributed by atoms with Crippen LogP contribution in [0.1, 0.15) is 24.0 Å². The van der Waals surface area contributed by atoms with E-state index in [9.17, 15) is 18.0 Å². The third-order valence-electron chi connectivity index (χ3n) is 7.90. The Balaban J connectivity index is 0.000000470. The van der Waals surface area contributed by atoms with Gasteiger partial charge in [-0.25, -0.2) is 4.79 Å². The minimum Gasteiger partial charge on any atom is -0.475 e. The number of carbonyl (C=O) groups excluding carboxylic acids is 1. The molecule has 2 aromatic carbocycles. The van der Waals surface area contributed by atoms with Crippen molar-refractivity contribution in [3.05, 3.63) is 53.6 Å². The maximum atomic E-state index is 13.5. The van der Waals surface area contributed by atoms with E-state index in [0.29, 0.717) is 13.2 Å². The number of benzene rings is 2. The second kappa shape index (κ2) is 12.7. The number of amides is 1. The second-order valence-electron chi connectivity index (χ2n) is 10.6. The van der Waals surface area contributed by atoms with E-state index in [1.54, 1.807) is 7.11 Å². The highest BCUT2D eigenvalue weighted by Gasteiger charge is 2.46. The molecule has 2 aromatic rings. The number of rotatable bonds is 5. The number of anilines is 1. The summed E-state index contributed by atoms with van der Waals surface area (Å²) in [6.07, 6.45) is -3.16. The van der Waals surface area contributed by atoms with E-state index >= 15 is 0 Å². The lowest BCUT2D eigenvalue weighted by atomic mass is 9.75. The predicted octanol–water partition coefficient (Wildman–Crippen LogP) is 3.78. The molecule has 218 valence electrons. The summed E-state index contributed by atoms with van der Waals surface area (Å²) in [6.45, 7) is 7.31. The maximum Gasteiger partial charge on any atom is 0.490 e. The molecule has 11 heteroatoms. The molecular weight excluding hydrogens is 527 g/mol. The molecule has 0 aromatic heterocycles. The number of alkyl halides is 3. The standard InChI is InChI=1S/C27H35N3O3.C2HF3O2/c1-28-11-13-29(14-12-28)18-26(31)30-20-27(9-15-33-16-10-27)24-17-21(7-8-25(24)30)23-6-4-3-5-22(23)19-32-2;3-2(4,5)1(6)7/h3-8,17H,9-16,18-20H2,1-2H3;(H,6,7). The van der Waals surface area contributed by atoms with Gasteiger partial charge in [0, 0.05) is 64.1 Å². The molecule has 0 aliphatic carbocycles. The first-order valence-electron chi connectivity index (χ1n) is 13.3. The van der Waals surface area contributed by atoms with Crippen molar-refractivity contribution in [1.82, 2.24) is 9.80 Å². The Morgan fingerprint density at radius 3 is 2.33 bits per heavy atom. The number of carboxylic acids is 1. The van der Waals surface area contributed by atoms with Gasteiger partial charge in [0.25, 0.3) is 0 Å². The van der Waals surface area contributed by atoms with Crippen LogP contribution >= 0.6 is 0 Å². The van der Waals surface area contributed by atoms with Gasteiger partial charge >= 0.3 is 12.1 Å². The molecule has 0 bridgehead atoms.